The van der Waals surface area contributed by atoms with Gasteiger partial charge in [0.05, 0.1) is 6.54 Å². The quantitative estimate of drug-likeness (QED) is 0.354. The Hall–Kier alpha value is -0.980. The Balaban J connectivity index is 0.000000211. The molecule has 0 aromatic rings. The first-order valence-electron chi connectivity index (χ1n) is 3.51. The molecular formula is C6H12N2O4. The molecule has 6 nitrogen and oxygen atoms in total. The van der Waals surface area contributed by atoms with Gasteiger partial charge in [-0.25, -0.2) is 9.79 Å². The minimum Gasteiger partial charge on any atom is -0.723 e. The number of rotatable bonds is 2. The fraction of sp³-hybridized carbons (Fsp3) is 0.667. The molecule has 0 aromatic carbocycles. The highest BCUT2D eigenvalue weighted by molar-refractivity contribution is 5.71. The lowest BCUT2D eigenvalue weighted by Gasteiger charge is -2.09. The minimum atomic E-state index is -1.24. The Morgan fingerprint density at radius 2 is 2.58 bits per heavy atom. The summed E-state index contributed by atoms with van der Waals surface area (Å²) in [6, 6.07) is 0. The van der Waals surface area contributed by atoms with Gasteiger partial charge in [-0.05, 0) is 6.92 Å². The van der Waals surface area contributed by atoms with Crippen LogP contribution in [0.1, 0.15) is 6.92 Å². The van der Waals surface area contributed by atoms with Gasteiger partial charge in [-0.15, -0.1) is 0 Å². The SMILES string of the molecule is C1=NCC[NH2+]1.CC(O[O-])C(=O)O. The monoisotopic (exact) mass is 176 g/mol. The van der Waals surface area contributed by atoms with E-state index in [9.17, 15) is 10.1 Å². The van der Waals surface area contributed by atoms with Gasteiger partial charge in [-0.2, -0.15) is 0 Å². The smallest absolute Gasteiger partial charge is 0.331 e. The fourth-order valence-corrected chi connectivity index (χ4v) is 0.414. The molecule has 3 N–H and O–H groups in total. The number of aliphatic imine (C=N–C) groups is 1. The van der Waals surface area contributed by atoms with Crippen molar-refractivity contribution in [2.75, 3.05) is 13.1 Å². The molecule has 0 saturated heterocycles. The predicted molar refractivity (Wildman–Crippen MR) is 38.3 cm³/mol. The van der Waals surface area contributed by atoms with E-state index in [-0.39, 0.29) is 0 Å². The van der Waals surface area contributed by atoms with Crippen LogP contribution in [-0.4, -0.2) is 36.6 Å². The van der Waals surface area contributed by atoms with Crippen molar-refractivity contribution < 1.29 is 25.4 Å². The van der Waals surface area contributed by atoms with Gasteiger partial charge in [0, 0.05) is 0 Å². The highest BCUT2D eigenvalue weighted by Crippen LogP contribution is 1.80. The molecule has 1 atom stereocenters. The Morgan fingerprint density at radius 3 is 2.67 bits per heavy atom. The number of aliphatic carboxylic acids is 1. The molecule has 1 aliphatic heterocycles. The molecule has 0 aromatic heterocycles. The highest BCUT2D eigenvalue weighted by atomic mass is 17.1. The van der Waals surface area contributed by atoms with Crippen molar-refractivity contribution in [3.05, 3.63) is 0 Å². The zero-order valence-electron chi connectivity index (χ0n) is 6.77. The van der Waals surface area contributed by atoms with Gasteiger partial charge < -0.3 is 20.6 Å². The minimum absolute atomic E-state index is 1.01. The number of nitrogens with zero attached hydrogens (tertiary/aromatic N) is 1. The van der Waals surface area contributed by atoms with Gasteiger partial charge in [-0.3, -0.25) is 0 Å². The number of carbonyl (C=O) groups is 1. The van der Waals surface area contributed by atoms with E-state index >= 15 is 0 Å². The Labute approximate surface area is 69.8 Å². The Kier molecular flexibility index (Phi) is 6.16. The van der Waals surface area contributed by atoms with Crippen molar-refractivity contribution in [2.45, 2.75) is 13.0 Å². The molecule has 1 heterocycles. The second-order valence-corrected chi connectivity index (χ2v) is 2.16. The van der Waals surface area contributed by atoms with Crippen molar-refractivity contribution in [1.29, 1.82) is 0 Å². The van der Waals surface area contributed by atoms with Crippen molar-refractivity contribution in [3.8, 4) is 0 Å². The summed E-state index contributed by atoms with van der Waals surface area (Å²) in [6.45, 7) is 3.33. The topological polar surface area (TPSA) is 98.6 Å². The summed E-state index contributed by atoms with van der Waals surface area (Å²) in [7, 11) is 0. The maximum Gasteiger partial charge on any atom is 0.331 e. The molecule has 0 fully saturated rings. The average Bonchev–Trinajstić information content (AvgIpc) is 2.59. The lowest BCUT2D eigenvalue weighted by Crippen LogP contribution is -2.80. The summed E-state index contributed by atoms with van der Waals surface area (Å²) < 4.78 is 0. The van der Waals surface area contributed by atoms with E-state index in [2.05, 4.69) is 15.2 Å². The number of quaternary nitrogens is 1. The second kappa shape index (κ2) is 6.71. The van der Waals surface area contributed by atoms with E-state index in [0.717, 1.165) is 20.0 Å². The summed E-state index contributed by atoms with van der Waals surface area (Å²) in [5.74, 6) is -1.24. The van der Waals surface area contributed by atoms with Crippen LogP contribution in [0.4, 0.5) is 0 Å². The van der Waals surface area contributed by atoms with Crippen molar-refractivity contribution >= 4 is 12.3 Å². The summed E-state index contributed by atoms with van der Waals surface area (Å²) in [4.78, 5) is 16.7. The van der Waals surface area contributed by atoms with Gasteiger partial charge in [0.1, 0.15) is 12.6 Å². The van der Waals surface area contributed by atoms with Gasteiger partial charge in [0.2, 0.25) is 0 Å². The van der Waals surface area contributed by atoms with Crippen LogP contribution in [0, 0.1) is 0 Å². The lowest BCUT2D eigenvalue weighted by atomic mass is 10.4. The third-order valence-corrected chi connectivity index (χ3v) is 1.13. The van der Waals surface area contributed by atoms with E-state index in [4.69, 9.17) is 5.11 Å². The molecule has 1 unspecified atom stereocenters. The lowest BCUT2D eigenvalue weighted by molar-refractivity contribution is -0.696. The zero-order valence-corrected chi connectivity index (χ0v) is 6.77. The van der Waals surface area contributed by atoms with E-state index in [1.165, 1.54) is 0 Å². The van der Waals surface area contributed by atoms with Gasteiger partial charge in [-0.1, -0.05) is 0 Å². The molecule has 0 spiro atoms. The van der Waals surface area contributed by atoms with Gasteiger partial charge >= 0.3 is 5.97 Å². The molecule has 0 bridgehead atoms. The average molecular weight is 176 g/mol. The van der Waals surface area contributed by atoms with Crippen LogP contribution in [0.15, 0.2) is 4.99 Å². The third-order valence-electron chi connectivity index (χ3n) is 1.13. The first-order chi connectivity index (χ1) is 5.68. The molecule has 1 aliphatic rings. The molecular weight excluding hydrogens is 164 g/mol. The van der Waals surface area contributed by atoms with Crippen LogP contribution < -0.4 is 10.6 Å². The summed E-state index contributed by atoms with van der Waals surface area (Å²) in [6.07, 6.45) is 0.625. The number of hydrogen-bond donors (Lipinski definition) is 2. The Morgan fingerprint density at radius 1 is 1.92 bits per heavy atom. The largest absolute Gasteiger partial charge is 0.723 e. The van der Waals surface area contributed by atoms with E-state index < -0.39 is 12.1 Å². The van der Waals surface area contributed by atoms with Crippen molar-refractivity contribution in [1.82, 2.24) is 0 Å². The zero-order chi connectivity index (χ0) is 9.40. The molecule has 0 radical (unpaired) electrons. The molecule has 0 amide bonds. The van der Waals surface area contributed by atoms with E-state index in [1.54, 1.807) is 0 Å². The maximum atomic E-state index is 9.61. The van der Waals surface area contributed by atoms with Crippen LogP contribution in [0.3, 0.4) is 0 Å². The number of carboxylic acids is 1. The van der Waals surface area contributed by atoms with Crippen LogP contribution in [-0.2, 0) is 9.68 Å². The predicted octanol–water partition coefficient (Wildman–Crippen LogP) is -2.66. The molecule has 0 saturated carbocycles. The maximum absolute atomic E-state index is 9.61. The van der Waals surface area contributed by atoms with E-state index in [1.807, 2.05) is 6.34 Å². The molecule has 1 rings (SSSR count). The van der Waals surface area contributed by atoms with Crippen molar-refractivity contribution in [3.63, 3.8) is 0 Å². The summed E-state index contributed by atoms with van der Waals surface area (Å²) in [5, 5.41) is 19.1. The first-order valence-corrected chi connectivity index (χ1v) is 3.51. The fourth-order valence-electron chi connectivity index (χ4n) is 0.414. The van der Waals surface area contributed by atoms with Crippen molar-refractivity contribution in [2.24, 2.45) is 4.99 Å². The van der Waals surface area contributed by atoms with E-state index in [0.29, 0.717) is 0 Å². The molecule has 12 heavy (non-hydrogen) atoms. The third kappa shape index (κ3) is 5.78. The summed E-state index contributed by atoms with van der Waals surface area (Å²) >= 11 is 0. The van der Waals surface area contributed by atoms with Gasteiger partial charge in [0.25, 0.3) is 0 Å². The molecule has 0 aliphatic carbocycles. The number of carboxylic acid groups (broad SMARTS) is 1. The highest BCUT2D eigenvalue weighted by Gasteiger charge is 2.03. The van der Waals surface area contributed by atoms with Crippen LogP contribution in [0.5, 0.6) is 0 Å². The van der Waals surface area contributed by atoms with Gasteiger partial charge in [0.15, 0.2) is 6.34 Å². The van der Waals surface area contributed by atoms with Crippen LogP contribution in [0.2, 0.25) is 0 Å². The summed E-state index contributed by atoms with van der Waals surface area (Å²) in [5.41, 5.74) is 0. The number of nitrogens with two attached hydrogens (primary N) is 1. The second-order valence-electron chi connectivity index (χ2n) is 2.16. The first kappa shape index (κ1) is 11.0. The van der Waals surface area contributed by atoms with Crippen LogP contribution in [0.25, 0.3) is 0 Å². The standard InChI is InChI=1S/C3H6N2.C3H6O4/c1-2-5-3-4-1;1-2(7-6)3(4)5/h3H,1-2H2,(H,4,5);2,6H,1H3,(H,4,5). The molecule has 6 heteroatoms. The number of hydrogen-bond acceptors (Lipinski definition) is 4. The van der Waals surface area contributed by atoms with Crippen LogP contribution >= 0.6 is 0 Å². The normalized spacial score (nSPS) is 16.5. The molecule has 70 valence electrons. The Bertz CT molecular complexity index is 154.